The van der Waals surface area contributed by atoms with E-state index in [0.717, 1.165) is 22.5 Å². The monoisotopic (exact) mass is 290 g/mol. The smallest absolute Gasteiger partial charge is 0.156 e. The predicted molar refractivity (Wildman–Crippen MR) is 80.1 cm³/mol. The van der Waals surface area contributed by atoms with Gasteiger partial charge < -0.3 is 4.40 Å². The number of halogens is 2. The van der Waals surface area contributed by atoms with Gasteiger partial charge >= 0.3 is 0 Å². The van der Waals surface area contributed by atoms with E-state index in [4.69, 9.17) is 23.2 Å². The quantitative estimate of drug-likeness (QED) is 0.621. The van der Waals surface area contributed by atoms with Crippen LogP contribution in [0.4, 0.5) is 0 Å². The summed E-state index contributed by atoms with van der Waals surface area (Å²) in [6.07, 6.45) is 3.78. The van der Waals surface area contributed by atoms with Crippen molar-refractivity contribution in [2.24, 2.45) is 0 Å². The summed E-state index contributed by atoms with van der Waals surface area (Å²) in [6.45, 7) is 3.96. The Balaban J connectivity index is 2.22. The number of fused-ring (bicyclic) bond motifs is 1. The zero-order valence-electron chi connectivity index (χ0n) is 10.6. The standard InChI is InChI=1S/C15H12Cl2N2/c1-9-3-5-11(6-4-9)13-8-19-7-12(16)10(2)14(17)15(19)18-13/h3-8H,1-2H3. The fourth-order valence-electron chi connectivity index (χ4n) is 2.01. The van der Waals surface area contributed by atoms with Crippen molar-refractivity contribution in [2.75, 3.05) is 0 Å². The van der Waals surface area contributed by atoms with Crippen molar-refractivity contribution in [1.82, 2.24) is 9.38 Å². The summed E-state index contributed by atoms with van der Waals surface area (Å²) in [7, 11) is 0. The zero-order valence-corrected chi connectivity index (χ0v) is 12.1. The summed E-state index contributed by atoms with van der Waals surface area (Å²) < 4.78 is 1.87. The van der Waals surface area contributed by atoms with E-state index < -0.39 is 0 Å². The van der Waals surface area contributed by atoms with E-state index in [1.165, 1.54) is 5.56 Å². The zero-order chi connectivity index (χ0) is 13.6. The first-order valence-electron chi connectivity index (χ1n) is 5.96. The van der Waals surface area contributed by atoms with Gasteiger partial charge in [-0.05, 0) is 19.4 Å². The maximum atomic E-state index is 6.29. The third-order valence-corrected chi connectivity index (χ3v) is 4.05. The van der Waals surface area contributed by atoms with Crippen LogP contribution in [-0.4, -0.2) is 9.38 Å². The van der Waals surface area contributed by atoms with E-state index in [0.29, 0.717) is 10.0 Å². The summed E-state index contributed by atoms with van der Waals surface area (Å²) in [6, 6.07) is 8.25. The molecule has 0 atom stereocenters. The van der Waals surface area contributed by atoms with Crippen molar-refractivity contribution in [2.45, 2.75) is 13.8 Å². The summed E-state index contributed by atoms with van der Waals surface area (Å²) >= 11 is 12.4. The second-order valence-electron chi connectivity index (χ2n) is 4.64. The van der Waals surface area contributed by atoms with Crippen LogP contribution >= 0.6 is 23.2 Å². The Labute approximate surface area is 121 Å². The van der Waals surface area contributed by atoms with Gasteiger partial charge in [-0.1, -0.05) is 53.0 Å². The Morgan fingerprint density at radius 2 is 1.68 bits per heavy atom. The van der Waals surface area contributed by atoms with Crippen molar-refractivity contribution in [1.29, 1.82) is 0 Å². The van der Waals surface area contributed by atoms with Crippen molar-refractivity contribution in [3.63, 3.8) is 0 Å². The topological polar surface area (TPSA) is 17.3 Å². The lowest BCUT2D eigenvalue weighted by Gasteiger charge is -2.02. The van der Waals surface area contributed by atoms with Gasteiger partial charge in [0.15, 0.2) is 5.65 Å². The molecule has 3 rings (SSSR count). The summed E-state index contributed by atoms with van der Waals surface area (Å²) in [4.78, 5) is 4.59. The lowest BCUT2D eigenvalue weighted by Crippen LogP contribution is -1.88. The number of pyridine rings is 1. The molecule has 3 aromatic rings. The fraction of sp³-hybridized carbons (Fsp3) is 0.133. The first-order valence-corrected chi connectivity index (χ1v) is 6.72. The normalized spacial score (nSPS) is 11.2. The number of hydrogen-bond acceptors (Lipinski definition) is 1. The number of benzene rings is 1. The molecule has 0 radical (unpaired) electrons. The average Bonchev–Trinajstić information content (AvgIpc) is 2.81. The minimum atomic E-state index is 0.603. The highest BCUT2D eigenvalue weighted by molar-refractivity contribution is 6.37. The average molecular weight is 291 g/mol. The van der Waals surface area contributed by atoms with E-state index >= 15 is 0 Å². The molecule has 2 heterocycles. The highest BCUT2D eigenvalue weighted by atomic mass is 35.5. The molecule has 0 spiro atoms. The van der Waals surface area contributed by atoms with Gasteiger partial charge in [-0.25, -0.2) is 4.98 Å². The minimum absolute atomic E-state index is 0.603. The molecule has 2 nitrogen and oxygen atoms in total. The van der Waals surface area contributed by atoms with Crippen molar-refractivity contribution >= 4 is 28.8 Å². The van der Waals surface area contributed by atoms with Gasteiger partial charge in [-0.2, -0.15) is 0 Å². The summed E-state index contributed by atoms with van der Waals surface area (Å²) in [5, 5.41) is 1.25. The molecule has 19 heavy (non-hydrogen) atoms. The summed E-state index contributed by atoms with van der Waals surface area (Å²) in [5.74, 6) is 0. The molecule has 2 aromatic heterocycles. The molecule has 0 saturated heterocycles. The molecule has 0 bridgehead atoms. The van der Waals surface area contributed by atoms with Crippen LogP contribution in [0.1, 0.15) is 11.1 Å². The third-order valence-electron chi connectivity index (χ3n) is 3.22. The van der Waals surface area contributed by atoms with Crippen LogP contribution in [0, 0.1) is 13.8 Å². The van der Waals surface area contributed by atoms with Gasteiger partial charge in [-0.15, -0.1) is 0 Å². The molecule has 0 amide bonds. The lowest BCUT2D eigenvalue weighted by molar-refractivity contribution is 1.17. The van der Waals surface area contributed by atoms with E-state index in [2.05, 4.69) is 36.2 Å². The Kier molecular flexibility index (Phi) is 3.00. The maximum absolute atomic E-state index is 6.29. The number of rotatable bonds is 1. The number of hydrogen-bond donors (Lipinski definition) is 0. The maximum Gasteiger partial charge on any atom is 0.156 e. The number of aromatic nitrogens is 2. The largest absolute Gasteiger partial charge is 0.304 e. The first-order chi connectivity index (χ1) is 9.06. The van der Waals surface area contributed by atoms with E-state index in [-0.39, 0.29) is 0 Å². The predicted octanol–water partition coefficient (Wildman–Crippen LogP) is 4.92. The summed E-state index contributed by atoms with van der Waals surface area (Å²) in [5.41, 5.74) is 4.78. The molecule has 0 fully saturated rings. The third kappa shape index (κ3) is 2.11. The number of aryl methyl sites for hydroxylation is 1. The van der Waals surface area contributed by atoms with Gasteiger partial charge in [0.05, 0.1) is 15.7 Å². The lowest BCUT2D eigenvalue weighted by atomic mass is 10.1. The Bertz CT molecular complexity index is 758. The van der Waals surface area contributed by atoms with Gasteiger partial charge in [0, 0.05) is 18.0 Å². The molecule has 0 aliphatic rings. The molecular formula is C15H12Cl2N2. The number of imidazole rings is 1. The van der Waals surface area contributed by atoms with Crippen LogP contribution in [0.25, 0.3) is 16.9 Å². The second-order valence-corrected chi connectivity index (χ2v) is 5.42. The highest BCUT2D eigenvalue weighted by Gasteiger charge is 2.11. The van der Waals surface area contributed by atoms with Crippen molar-refractivity contribution < 1.29 is 0 Å². The van der Waals surface area contributed by atoms with Gasteiger partial charge in [0.25, 0.3) is 0 Å². The molecule has 96 valence electrons. The van der Waals surface area contributed by atoms with Crippen LogP contribution in [0.15, 0.2) is 36.7 Å². The van der Waals surface area contributed by atoms with Crippen LogP contribution in [0.5, 0.6) is 0 Å². The Morgan fingerprint density at radius 3 is 2.37 bits per heavy atom. The van der Waals surface area contributed by atoms with Crippen molar-refractivity contribution in [3.05, 3.63) is 57.8 Å². The number of nitrogens with zero attached hydrogens (tertiary/aromatic N) is 2. The van der Waals surface area contributed by atoms with Gasteiger partial charge in [0.1, 0.15) is 0 Å². The minimum Gasteiger partial charge on any atom is -0.304 e. The molecule has 0 saturated carbocycles. The van der Waals surface area contributed by atoms with E-state index in [1.807, 2.05) is 23.7 Å². The second kappa shape index (κ2) is 4.55. The molecule has 4 heteroatoms. The van der Waals surface area contributed by atoms with Crippen LogP contribution in [-0.2, 0) is 0 Å². The molecule has 1 aromatic carbocycles. The van der Waals surface area contributed by atoms with Crippen LogP contribution < -0.4 is 0 Å². The fourth-order valence-corrected chi connectivity index (χ4v) is 2.50. The van der Waals surface area contributed by atoms with Crippen LogP contribution in [0.2, 0.25) is 10.0 Å². The SMILES string of the molecule is Cc1ccc(-c2cn3cc(Cl)c(C)c(Cl)c3n2)cc1. The molecule has 0 aliphatic carbocycles. The molecule has 0 N–H and O–H groups in total. The van der Waals surface area contributed by atoms with E-state index in [1.54, 1.807) is 0 Å². The van der Waals surface area contributed by atoms with Gasteiger partial charge in [-0.3, -0.25) is 0 Å². The van der Waals surface area contributed by atoms with E-state index in [9.17, 15) is 0 Å². The molecular weight excluding hydrogens is 279 g/mol. The molecule has 0 unspecified atom stereocenters. The van der Waals surface area contributed by atoms with Gasteiger partial charge in [0.2, 0.25) is 0 Å². The highest BCUT2D eigenvalue weighted by Crippen LogP contribution is 2.29. The molecule has 0 aliphatic heterocycles. The Hall–Kier alpha value is -1.51. The van der Waals surface area contributed by atoms with Crippen molar-refractivity contribution in [3.8, 4) is 11.3 Å². The van der Waals surface area contributed by atoms with Crippen LogP contribution in [0.3, 0.4) is 0 Å². The Morgan fingerprint density at radius 1 is 1.00 bits per heavy atom. The first kappa shape index (κ1) is 12.5.